The summed E-state index contributed by atoms with van der Waals surface area (Å²) >= 11 is 0. The van der Waals surface area contributed by atoms with Crippen LogP contribution in [0.25, 0.3) is 0 Å². The number of anilines is 1. The van der Waals surface area contributed by atoms with E-state index in [9.17, 15) is 18.3 Å². The molecule has 192 valence electrons. The van der Waals surface area contributed by atoms with Crippen LogP contribution in [0, 0.1) is 23.2 Å². The largest absolute Gasteiger partial charge is 0.390 e. The molecular formula is C28H35N3O4S. The fraction of sp³-hybridized carbons (Fsp3) is 0.536. The van der Waals surface area contributed by atoms with E-state index in [1.165, 1.54) is 16.8 Å². The smallest absolute Gasteiger partial charge is 0.248 e. The number of sulfonamides is 1. The van der Waals surface area contributed by atoms with E-state index < -0.39 is 21.5 Å². The Labute approximate surface area is 213 Å². The molecule has 7 nitrogen and oxygen atoms in total. The van der Waals surface area contributed by atoms with Crippen LogP contribution in [-0.2, 0) is 23.1 Å². The number of amides is 1. The second-order valence-corrected chi connectivity index (χ2v) is 13.9. The van der Waals surface area contributed by atoms with E-state index in [2.05, 4.69) is 12.2 Å². The van der Waals surface area contributed by atoms with Gasteiger partial charge in [0.2, 0.25) is 15.9 Å². The molecule has 1 aliphatic heterocycles. The molecule has 0 radical (unpaired) electrons. The lowest BCUT2D eigenvalue weighted by molar-refractivity contribution is -0.177. The van der Waals surface area contributed by atoms with Crippen molar-refractivity contribution in [3.8, 4) is 0 Å². The second kappa shape index (κ2) is 8.30. The number of carbonyl (C=O) groups is 1. The Kier molecular flexibility index (Phi) is 5.52. The van der Waals surface area contributed by atoms with Gasteiger partial charge in [-0.25, -0.2) is 8.42 Å². The minimum Gasteiger partial charge on any atom is -0.390 e. The Morgan fingerprint density at radius 3 is 2.33 bits per heavy atom. The van der Waals surface area contributed by atoms with Gasteiger partial charge >= 0.3 is 0 Å². The summed E-state index contributed by atoms with van der Waals surface area (Å²) in [5, 5.41) is 14.6. The Morgan fingerprint density at radius 2 is 1.75 bits per heavy atom. The number of fused-ring (bicyclic) bond motifs is 1. The van der Waals surface area contributed by atoms with Gasteiger partial charge in [-0.3, -0.25) is 4.79 Å². The van der Waals surface area contributed by atoms with Crippen LogP contribution in [0.3, 0.4) is 0 Å². The molecule has 1 heterocycles. The van der Waals surface area contributed by atoms with E-state index in [0.29, 0.717) is 37.2 Å². The molecule has 8 heteroatoms. The first-order valence-corrected chi connectivity index (χ1v) is 14.5. The summed E-state index contributed by atoms with van der Waals surface area (Å²) in [5.41, 5.74) is 7.73. The average Bonchev–Trinajstić information content (AvgIpc) is 3.26. The normalized spacial score (nSPS) is 31.8. The molecular weight excluding hydrogens is 474 g/mol. The van der Waals surface area contributed by atoms with Crippen molar-refractivity contribution in [2.24, 2.45) is 28.9 Å². The van der Waals surface area contributed by atoms with Crippen LogP contribution in [0.4, 0.5) is 5.69 Å². The van der Waals surface area contributed by atoms with Crippen molar-refractivity contribution in [1.82, 2.24) is 4.31 Å². The number of primary amides is 1. The highest BCUT2D eigenvalue weighted by atomic mass is 32.2. The molecule has 5 aliphatic rings. The second-order valence-electron chi connectivity index (χ2n) is 11.9. The van der Waals surface area contributed by atoms with Gasteiger partial charge in [0.1, 0.15) is 4.90 Å². The molecule has 7 rings (SSSR count). The molecule has 3 unspecified atom stereocenters. The maximum atomic E-state index is 13.8. The van der Waals surface area contributed by atoms with Gasteiger partial charge in [-0.15, -0.1) is 0 Å². The number of hydrogen-bond acceptors (Lipinski definition) is 5. The standard InChI is InChI=1S/C28H35N3O4S/c1-18(27-10-19-8-20(11-27)13-28(33,12-19)17-27)14-30-24-7-6-21(26(29)32)9-25(24)36(34,35)31-15-22-4-2-3-5-23(22)16-31/h2-7,9,18-20,30,33H,8,10-17H2,1H3,(H2,29,32). The zero-order chi connectivity index (χ0) is 25.3. The fourth-order valence-electron chi connectivity index (χ4n) is 7.99. The molecule has 0 saturated heterocycles. The van der Waals surface area contributed by atoms with Crippen molar-refractivity contribution in [1.29, 1.82) is 0 Å². The molecule has 2 aromatic rings. The van der Waals surface area contributed by atoms with Gasteiger partial charge in [0.05, 0.1) is 11.3 Å². The highest BCUT2D eigenvalue weighted by Gasteiger charge is 2.58. The first-order chi connectivity index (χ1) is 17.1. The summed E-state index contributed by atoms with van der Waals surface area (Å²) in [6.07, 6.45) is 6.23. The van der Waals surface area contributed by atoms with Crippen LogP contribution in [0.15, 0.2) is 47.4 Å². The molecule has 4 bridgehead atoms. The minimum atomic E-state index is -3.87. The molecule has 3 atom stereocenters. The number of rotatable bonds is 7. The Balaban J connectivity index is 1.26. The van der Waals surface area contributed by atoms with Crippen molar-refractivity contribution in [2.45, 2.75) is 69.0 Å². The van der Waals surface area contributed by atoms with E-state index in [1.807, 2.05) is 24.3 Å². The highest BCUT2D eigenvalue weighted by Crippen LogP contribution is 2.64. The van der Waals surface area contributed by atoms with Crippen LogP contribution in [0.2, 0.25) is 0 Å². The number of nitrogens with two attached hydrogens (primary N) is 1. The molecule has 4 N–H and O–H groups in total. The molecule has 0 aromatic heterocycles. The number of hydrogen-bond donors (Lipinski definition) is 3. The first kappa shape index (κ1) is 23.9. The summed E-state index contributed by atoms with van der Waals surface area (Å²) < 4.78 is 29.1. The summed E-state index contributed by atoms with van der Waals surface area (Å²) in [7, 11) is -3.87. The molecule has 1 amide bonds. The Bertz CT molecular complexity index is 1280. The maximum Gasteiger partial charge on any atom is 0.248 e. The SMILES string of the molecule is CC(CNc1ccc(C(N)=O)cc1S(=O)(=O)N1Cc2ccccc2C1)C12CC3CC(CC(O)(C3)C1)C2. The molecule has 4 aliphatic carbocycles. The van der Waals surface area contributed by atoms with Crippen LogP contribution in [-0.4, -0.2) is 35.9 Å². The maximum absolute atomic E-state index is 13.8. The fourth-order valence-corrected chi connectivity index (χ4v) is 9.58. The summed E-state index contributed by atoms with van der Waals surface area (Å²) in [4.78, 5) is 12.0. The third kappa shape index (κ3) is 3.94. The van der Waals surface area contributed by atoms with Crippen molar-refractivity contribution < 1.29 is 18.3 Å². The van der Waals surface area contributed by atoms with E-state index in [0.717, 1.165) is 43.2 Å². The van der Waals surface area contributed by atoms with Gasteiger partial charge in [-0.1, -0.05) is 31.2 Å². The van der Waals surface area contributed by atoms with Gasteiger partial charge in [0, 0.05) is 25.2 Å². The van der Waals surface area contributed by atoms with E-state index >= 15 is 0 Å². The van der Waals surface area contributed by atoms with Gasteiger partial charge in [0.15, 0.2) is 0 Å². The molecule has 4 fully saturated rings. The molecule has 36 heavy (non-hydrogen) atoms. The zero-order valence-corrected chi connectivity index (χ0v) is 21.6. The van der Waals surface area contributed by atoms with Crippen molar-refractivity contribution in [3.63, 3.8) is 0 Å². The quantitative estimate of drug-likeness (QED) is 0.525. The number of benzene rings is 2. The third-order valence-corrected chi connectivity index (χ3v) is 11.2. The van der Waals surface area contributed by atoms with E-state index in [-0.39, 0.29) is 21.8 Å². The molecule has 0 spiro atoms. The number of nitrogens with one attached hydrogen (secondary N) is 1. The lowest BCUT2D eigenvalue weighted by atomic mass is 9.45. The van der Waals surface area contributed by atoms with Crippen molar-refractivity contribution in [2.75, 3.05) is 11.9 Å². The van der Waals surface area contributed by atoms with Crippen molar-refractivity contribution >= 4 is 21.6 Å². The van der Waals surface area contributed by atoms with Crippen LogP contribution in [0.1, 0.15) is 66.9 Å². The average molecular weight is 510 g/mol. The lowest BCUT2D eigenvalue weighted by Gasteiger charge is -2.62. The Morgan fingerprint density at radius 1 is 1.11 bits per heavy atom. The third-order valence-electron chi connectivity index (χ3n) is 9.42. The number of aliphatic hydroxyl groups is 1. The zero-order valence-electron chi connectivity index (χ0n) is 20.7. The lowest BCUT2D eigenvalue weighted by Crippen LogP contribution is -2.58. The number of nitrogens with zero attached hydrogens (tertiary/aromatic N) is 1. The summed E-state index contributed by atoms with van der Waals surface area (Å²) in [6.45, 7) is 3.44. The summed E-state index contributed by atoms with van der Waals surface area (Å²) in [5.74, 6) is 0.817. The highest BCUT2D eigenvalue weighted by molar-refractivity contribution is 7.89. The molecule has 4 saturated carbocycles. The van der Waals surface area contributed by atoms with Crippen molar-refractivity contribution in [3.05, 3.63) is 59.2 Å². The van der Waals surface area contributed by atoms with Crippen LogP contribution >= 0.6 is 0 Å². The van der Waals surface area contributed by atoms with Gasteiger partial charge in [-0.2, -0.15) is 4.31 Å². The van der Waals surface area contributed by atoms with Gasteiger partial charge < -0.3 is 16.2 Å². The monoisotopic (exact) mass is 509 g/mol. The predicted octanol–water partition coefficient (Wildman–Crippen LogP) is 3.87. The first-order valence-electron chi connectivity index (χ1n) is 13.0. The predicted molar refractivity (Wildman–Crippen MR) is 138 cm³/mol. The van der Waals surface area contributed by atoms with Crippen LogP contribution < -0.4 is 11.1 Å². The summed E-state index contributed by atoms with van der Waals surface area (Å²) in [6, 6.07) is 12.4. The van der Waals surface area contributed by atoms with Gasteiger partial charge in [0.25, 0.3) is 0 Å². The number of carbonyl (C=O) groups excluding carboxylic acids is 1. The van der Waals surface area contributed by atoms with Crippen LogP contribution in [0.5, 0.6) is 0 Å². The topological polar surface area (TPSA) is 113 Å². The van der Waals surface area contributed by atoms with E-state index in [1.54, 1.807) is 12.1 Å². The molecule has 2 aromatic carbocycles. The minimum absolute atomic E-state index is 0.0861. The Hall–Kier alpha value is -2.42. The van der Waals surface area contributed by atoms with E-state index in [4.69, 9.17) is 5.73 Å². The van der Waals surface area contributed by atoms with Gasteiger partial charge in [-0.05, 0) is 91.0 Å².